The minimum Gasteiger partial charge on any atom is -0.464 e. The van der Waals surface area contributed by atoms with Crippen molar-refractivity contribution in [2.45, 2.75) is 13.3 Å². The van der Waals surface area contributed by atoms with Crippen molar-refractivity contribution in [1.29, 1.82) is 0 Å². The van der Waals surface area contributed by atoms with Crippen LogP contribution in [0, 0.1) is 0 Å². The quantitative estimate of drug-likeness (QED) is 0.435. The fourth-order valence-corrected chi connectivity index (χ4v) is 1.34. The van der Waals surface area contributed by atoms with Gasteiger partial charge in [-0.25, -0.2) is 9.78 Å². The third kappa shape index (κ3) is 5.09. The molecule has 1 aromatic heterocycles. The maximum atomic E-state index is 10.9. The topological polar surface area (TPSA) is 48.4 Å². The lowest BCUT2D eigenvalue weighted by Gasteiger charge is -2.04. The van der Waals surface area contributed by atoms with Crippen LogP contribution < -0.4 is 0 Å². The number of pyridine rings is 1. The first-order chi connectivity index (χ1) is 7.72. The van der Waals surface area contributed by atoms with Crippen LogP contribution in [0.4, 0.5) is 0 Å². The molecule has 0 spiro atoms. The highest BCUT2D eigenvalue weighted by Crippen LogP contribution is 2.07. The lowest BCUT2D eigenvalue weighted by Crippen LogP contribution is -2.13. The van der Waals surface area contributed by atoms with Crippen molar-refractivity contribution in [2.75, 3.05) is 19.8 Å². The summed E-state index contributed by atoms with van der Waals surface area (Å²) in [6, 6.07) is 3.63. The number of halogens is 1. The molecule has 0 amide bonds. The van der Waals surface area contributed by atoms with Gasteiger partial charge in [0.05, 0.1) is 13.2 Å². The largest absolute Gasteiger partial charge is 0.464 e. The van der Waals surface area contributed by atoms with E-state index in [1.54, 1.807) is 19.2 Å². The van der Waals surface area contributed by atoms with E-state index >= 15 is 0 Å². The maximum Gasteiger partial charge on any atom is 0.332 e. The zero-order valence-electron chi connectivity index (χ0n) is 9.11. The first kappa shape index (κ1) is 12.9. The monoisotopic (exact) mass is 243 g/mol. The van der Waals surface area contributed by atoms with E-state index in [0.29, 0.717) is 24.8 Å². The van der Waals surface area contributed by atoms with Gasteiger partial charge in [-0.1, -0.05) is 11.6 Å². The molecule has 0 N–H and O–H groups in total. The Morgan fingerprint density at radius 2 is 2.38 bits per heavy atom. The summed E-state index contributed by atoms with van der Waals surface area (Å²) in [6.45, 7) is 2.59. The molecule has 0 radical (unpaired) electrons. The highest BCUT2D eigenvalue weighted by Gasteiger charge is 2.01. The van der Waals surface area contributed by atoms with Crippen LogP contribution in [0.2, 0.25) is 5.15 Å². The highest BCUT2D eigenvalue weighted by molar-refractivity contribution is 6.29. The molecule has 1 aromatic rings. The second-order valence-corrected chi connectivity index (χ2v) is 3.48. The molecule has 0 aliphatic carbocycles. The van der Waals surface area contributed by atoms with Crippen LogP contribution in [-0.4, -0.2) is 30.8 Å². The standard InChI is InChI=1S/C11H14ClNO3/c1-2-16-11(14)8-15-6-4-9-3-5-13-10(12)7-9/h3,5,7H,2,4,6,8H2,1H3. The Bertz CT molecular complexity index is 344. The number of ether oxygens (including phenoxy) is 2. The van der Waals surface area contributed by atoms with Gasteiger partial charge in [-0.2, -0.15) is 0 Å². The minimum absolute atomic E-state index is 0.00729. The molecule has 0 unspecified atom stereocenters. The normalized spacial score (nSPS) is 10.1. The van der Waals surface area contributed by atoms with Gasteiger partial charge in [0.15, 0.2) is 0 Å². The number of carbonyl (C=O) groups is 1. The average Bonchev–Trinajstić information content (AvgIpc) is 2.25. The SMILES string of the molecule is CCOC(=O)COCCc1ccnc(Cl)c1. The van der Waals surface area contributed by atoms with Gasteiger partial charge < -0.3 is 9.47 Å². The van der Waals surface area contributed by atoms with E-state index in [1.807, 2.05) is 6.07 Å². The van der Waals surface area contributed by atoms with Crippen molar-refractivity contribution in [2.24, 2.45) is 0 Å². The van der Waals surface area contributed by atoms with Gasteiger partial charge in [-0.15, -0.1) is 0 Å². The molecular formula is C11H14ClNO3. The molecule has 5 heteroatoms. The summed E-state index contributed by atoms with van der Waals surface area (Å²) >= 11 is 5.72. The Morgan fingerprint density at radius 3 is 3.06 bits per heavy atom. The van der Waals surface area contributed by atoms with Crippen molar-refractivity contribution in [3.8, 4) is 0 Å². The second kappa shape index (κ2) is 7.19. The molecular weight excluding hydrogens is 230 g/mol. The third-order valence-corrected chi connectivity index (χ3v) is 2.06. The molecule has 0 aromatic carbocycles. The Labute approximate surface area is 99.5 Å². The average molecular weight is 244 g/mol. The van der Waals surface area contributed by atoms with Crippen molar-refractivity contribution in [1.82, 2.24) is 4.98 Å². The molecule has 0 aliphatic rings. The molecule has 0 aliphatic heterocycles. The summed E-state index contributed by atoms with van der Waals surface area (Å²) in [5.41, 5.74) is 1.03. The van der Waals surface area contributed by atoms with Crippen LogP contribution in [0.25, 0.3) is 0 Å². The summed E-state index contributed by atoms with van der Waals surface area (Å²) in [5.74, 6) is -0.338. The second-order valence-electron chi connectivity index (χ2n) is 3.09. The first-order valence-corrected chi connectivity index (χ1v) is 5.44. The number of hydrogen-bond donors (Lipinski definition) is 0. The molecule has 0 saturated heterocycles. The Kier molecular flexibility index (Phi) is 5.82. The van der Waals surface area contributed by atoms with Crippen LogP contribution in [0.5, 0.6) is 0 Å². The third-order valence-electron chi connectivity index (χ3n) is 1.85. The van der Waals surface area contributed by atoms with Crippen LogP contribution in [0.15, 0.2) is 18.3 Å². The van der Waals surface area contributed by atoms with Crippen LogP contribution >= 0.6 is 11.6 Å². The number of rotatable bonds is 6. The number of hydrogen-bond acceptors (Lipinski definition) is 4. The summed E-state index contributed by atoms with van der Waals surface area (Å²) in [6.07, 6.45) is 2.34. The maximum absolute atomic E-state index is 10.9. The summed E-state index contributed by atoms with van der Waals surface area (Å²) in [5, 5.41) is 0.461. The minimum atomic E-state index is -0.338. The van der Waals surface area contributed by atoms with Crippen molar-refractivity contribution >= 4 is 17.6 Å². The molecule has 16 heavy (non-hydrogen) atoms. The van der Waals surface area contributed by atoms with E-state index in [9.17, 15) is 4.79 Å². The van der Waals surface area contributed by atoms with Crippen molar-refractivity contribution in [3.63, 3.8) is 0 Å². The van der Waals surface area contributed by atoms with E-state index in [0.717, 1.165) is 5.56 Å². The molecule has 4 nitrogen and oxygen atoms in total. The van der Waals surface area contributed by atoms with E-state index < -0.39 is 0 Å². The van der Waals surface area contributed by atoms with E-state index in [4.69, 9.17) is 21.1 Å². The Morgan fingerprint density at radius 1 is 1.56 bits per heavy atom. The first-order valence-electron chi connectivity index (χ1n) is 5.06. The molecule has 1 heterocycles. The highest BCUT2D eigenvalue weighted by atomic mass is 35.5. The number of nitrogens with zero attached hydrogens (tertiary/aromatic N) is 1. The lowest BCUT2D eigenvalue weighted by molar-refractivity contribution is -0.148. The van der Waals surface area contributed by atoms with Crippen LogP contribution in [-0.2, 0) is 20.7 Å². The van der Waals surface area contributed by atoms with Crippen molar-refractivity contribution < 1.29 is 14.3 Å². The zero-order valence-corrected chi connectivity index (χ0v) is 9.87. The van der Waals surface area contributed by atoms with Gasteiger partial charge in [0.2, 0.25) is 0 Å². The Balaban J connectivity index is 2.18. The van der Waals surface area contributed by atoms with E-state index in [-0.39, 0.29) is 12.6 Å². The fourth-order valence-electron chi connectivity index (χ4n) is 1.15. The van der Waals surface area contributed by atoms with Crippen molar-refractivity contribution in [3.05, 3.63) is 29.0 Å². The van der Waals surface area contributed by atoms with Crippen LogP contribution in [0.3, 0.4) is 0 Å². The molecule has 0 bridgehead atoms. The van der Waals surface area contributed by atoms with Crippen LogP contribution in [0.1, 0.15) is 12.5 Å². The van der Waals surface area contributed by atoms with Gasteiger partial charge >= 0.3 is 5.97 Å². The molecule has 0 atom stereocenters. The Hall–Kier alpha value is -1.13. The molecule has 88 valence electrons. The molecule has 0 fully saturated rings. The summed E-state index contributed by atoms with van der Waals surface area (Å²) in [4.78, 5) is 14.8. The summed E-state index contributed by atoms with van der Waals surface area (Å²) < 4.78 is 9.87. The van der Waals surface area contributed by atoms with Gasteiger partial charge in [0.1, 0.15) is 11.8 Å². The van der Waals surface area contributed by atoms with E-state index in [2.05, 4.69) is 4.98 Å². The number of esters is 1. The van der Waals surface area contributed by atoms with Gasteiger partial charge in [0, 0.05) is 6.20 Å². The van der Waals surface area contributed by atoms with Gasteiger partial charge in [-0.05, 0) is 31.0 Å². The molecule has 1 rings (SSSR count). The number of carbonyl (C=O) groups excluding carboxylic acids is 1. The lowest BCUT2D eigenvalue weighted by atomic mass is 10.2. The predicted molar refractivity (Wildman–Crippen MR) is 60.4 cm³/mol. The smallest absolute Gasteiger partial charge is 0.332 e. The summed E-state index contributed by atoms with van der Waals surface area (Å²) in [7, 11) is 0. The number of aromatic nitrogens is 1. The molecule has 0 saturated carbocycles. The fraction of sp³-hybridized carbons (Fsp3) is 0.455. The van der Waals surface area contributed by atoms with E-state index in [1.165, 1.54) is 0 Å². The van der Waals surface area contributed by atoms with Gasteiger partial charge in [-0.3, -0.25) is 0 Å². The zero-order chi connectivity index (χ0) is 11.8. The van der Waals surface area contributed by atoms with Gasteiger partial charge in [0.25, 0.3) is 0 Å². The predicted octanol–water partition coefficient (Wildman–Crippen LogP) is 1.86.